The van der Waals surface area contributed by atoms with E-state index in [1.54, 1.807) is 22.9 Å². The van der Waals surface area contributed by atoms with Crippen molar-refractivity contribution in [2.45, 2.75) is 32.6 Å². The van der Waals surface area contributed by atoms with E-state index in [1.807, 2.05) is 44.2 Å². The zero-order valence-electron chi connectivity index (χ0n) is 17.4. The number of alkyl halides is 3. The zero-order chi connectivity index (χ0) is 24.1. The molecular formula is C19H21F3N6O3S. The first kappa shape index (κ1) is 24.9. The number of nitrogens with zero attached hydrogens (tertiary/aromatic N) is 5. The molecule has 3 rings (SSSR count). The maximum atomic E-state index is 12.7. The predicted molar refractivity (Wildman–Crippen MR) is 110 cm³/mol. The molecule has 0 aliphatic rings. The highest BCUT2D eigenvalue weighted by Crippen LogP contribution is 2.23. The van der Waals surface area contributed by atoms with Crippen LogP contribution in [-0.4, -0.2) is 55.1 Å². The second kappa shape index (κ2) is 10.3. The molecule has 3 N–H and O–H groups in total. The average Bonchev–Trinajstić information content (AvgIpc) is 3.34. The number of carbonyl (C=O) groups is 2. The lowest BCUT2D eigenvalue weighted by atomic mass is 10.3. The number of aromatic nitrogens is 4. The Kier molecular flexibility index (Phi) is 8.05. The first-order chi connectivity index (χ1) is 14.9. The molecular weight excluding hydrogens is 449 g/mol. The summed E-state index contributed by atoms with van der Waals surface area (Å²) >= 11 is 1.46. The minimum absolute atomic E-state index is 0.144. The minimum atomic E-state index is -5.08. The number of aliphatic carboxylic acids is 1. The van der Waals surface area contributed by atoms with Crippen LogP contribution in [0, 0.1) is 6.92 Å². The highest BCUT2D eigenvalue weighted by molar-refractivity contribution is 7.11. The van der Waals surface area contributed by atoms with Crippen molar-refractivity contribution in [1.82, 2.24) is 24.9 Å². The molecule has 0 saturated heterocycles. The molecule has 0 saturated carbocycles. The maximum absolute atomic E-state index is 12.7. The fourth-order valence-electron chi connectivity index (χ4n) is 2.36. The number of amides is 1. The summed E-state index contributed by atoms with van der Waals surface area (Å²) in [5, 5.41) is 16.6. The van der Waals surface area contributed by atoms with Crippen LogP contribution in [-0.2, 0) is 11.3 Å². The van der Waals surface area contributed by atoms with Gasteiger partial charge in [-0.2, -0.15) is 28.2 Å². The Morgan fingerprint density at radius 1 is 1.28 bits per heavy atom. The third-order valence-electron chi connectivity index (χ3n) is 3.92. The number of halogens is 3. The summed E-state index contributed by atoms with van der Waals surface area (Å²) in [6.45, 7) is 4.10. The SMILES string of the molecule is Cc1sc(C(C)N)nc1C(=O)N(C)Cc1cnn(-c2ccccc2)n1.O=C(O)C(F)(F)F. The van der Waals surface area contributed by atoms with Gasteiger partial charge in [-0.3, -0.25) is 4.79 Å². The molecule has 2 heterocycles. The van der Waals surface area contributed by atoms with E-state index >= 15 is 0 Å². The van der Waals surface area contributed by atoms with Crippen LogP contribution in [0.3, 0.4) is 0 Å². The van der Waals surface area contributed by atoms with E-state index in [2.05, 4.69) is 15.2 Å². The first-order valence-corrected chi connectivity index (χ1v) is 9.97. The summed E-state index contributed by atoms with van der Waals surface area (Å²) in [5.41, 5.74) is 7.89. The van der Waals surface area contributed by atoms with Gasteiger partial charge in [-0.05, 0) is 26.0 Å². The van der Waals surface area contributed by atoms with Gasteiger partial charge in [0.1, 0.15) is 16.4 Å². The van der Waals surface area contributed by atoms with E-state index < -0.39 is 12.1 Å². The number of carboxylic acids is 1. The summed E-state index contributed by atoms with van der Waals surface area (Å²) in [4.78, 5) is 30.0. The van der Waals surface area contributed by atoms with Gasteiger partial charge in [0.15, 0.2) is 0 Å². The van der Waals surface area contributed by atoms with Crippen LogP contribution in [0.1, 0.15) is 39.0 Å². The van der Waals surface area contributed by atoms with Crippen molar-refractivity contribution in [2.75, 3.05) is 7.05 Å². The second-order valence-electron chi connectivity index (χ2n) is 6.67. The normalized spacial score (nSPS) is 12.0. The van der Waals surface area contributed by atoms with E-state index in [4.69, 9.17) is 15.6 Å². The van der Waals surface area contributed by atoms with Gasteiger partial charge in [0.05, 0.1) is 24.5 Å². The summed E-state index contributed by atoms with van der Waals surface area (Å²) in [6.07, 6.45) is -3.42. The van der Waals surface area contributed by atoms with Gasteiger partial charge < -0.3 is 15.7 Å². The number of hydrogen-bond acceptors (Lipinski definition) is 7. The Morgan fingerprint density at radius 3 is 2.38 bits per heavy atom. The molecule has 1 amide bonds. The molecule has 32 heavy (non-hydrogen) atoms. The Morgan fingerprint density at radius 2 is 1.88 bits per heavy atom. The molecule has 13 heteroatoms. The van der Waals surface area contributed by atoms with Gasteiger partial charge in [-0.1, -0.05) is 18.2 Å². The molecule has 2 aromatic heterocycles. The van der Waals surface area contributed by atoms with E-state index in [-0.39, 0.29) is 11.9 Å². The van der Waals surface area contributed by atoms with Crippen molar-refractivity contribution < 1.29 is 27.9 Å². The van der Waals surface area contributed by atoms with Crippen LogP contribution in [0.5, 0.6) is 0 Å². The molecule has 0 spiro atoms. The standard InChI is InChI=1S/C17H20N6OS.C2HF3O2/c1-11(18)16-20-15(12(2)25-16)17(24)22(3)10-13-9-19-23(21-13)14-7-5-4-6-8-14;3-2(4,5)1(6)7/h4-9,11H,10,18H2,1-3H3;(H,6,7). The van der Waals surface area contributed by atoms with Crippen molar-refractivity contribution in [3.8, 4) is 5.69 Å². The Bertz CT molecular complexity index is 1070. The fraction of sp³-hybridized carbons (Fsp3) is 0.316. The number of para-hydroxylation sites is 1. The van der Waals surface area contributed by atoms with Gasteiger partial charge in [-0.25, -0.2) is 9.78 Å². The minimum Gasteiger partial charge on any atom is -0.475 e. The lowest BCUT2D eigenvalue weighted by molar-refractivity contribution is -0.192. The van der Waals surface area contributed by atoms with E-state index in [1.165, 1.54) is 11.3 Å². The third-order valence-corrected chi connectivity index (χ3v) is 5.09. The highest BCUT2D eigenvalue weighted by Gasteiger charge is 2.38. The summed E-state index contributed by atoms with van der Waals surface area (Å²) in [5.74, 6) is -2.90. The van der Waals surface area contributed by atoms with Gasteiger partial charge >= 0.3 is 12.1 Å². The van der Waals surface area contributed by atoms with Crippen LogP contribution >= 0.6 is 11.3 Å². The number of aryl methyl sites for hydroxylation is 1. The van der Waals surface area contributed by atoms with E-state index in [0.717, 1.165) is 15.6 Å². The van der Waals surface area contributed by atoms with Gasteiger partial charge in [0, 0.05) is 11.9 Å². The average molecular weight is 470 g/mol. The summed E-state index contributed by atoms with van der Waals surface area (Å²) in [6, 6.07) is 9.46. The van der Waals surface area contributed by atoms with Crippen LogP contribution in [0.15, 0.2) is 36.5 Å². The molecule has 0 radical (unpaired) electrons. The molecule has 1 aromatic carbocycles. The van der Waals surface area contributed by atoms with Crippen molar-refractivity contribution in [2.24, 2.45) is 5.73 Å². The Hall–Kier alpha value is -3.32. The molecule has 3 aromatic rings. The molecule has 9 nitrogen and oxygen atoms in total. The number of carboxylic acid groups (broad SMARTS) is 1. The molecule has 0 aliphatic heterocycles. The van der Waals surface area contributed by atoms with Crippen LogP contribution in [0.4, 0.5) is 13.2 Å². The highest BCUT2D eigenvalue weighted by atomic mass is 32.1. The zero-order valence-corrected chi connectivity index (χ0v) is 18.2. The number of rotatable bonds is 5. The predicted octanol–water partition coefficient (Wildman–Crippen LogP) is 2.96. The van der Waals surface area contributed by atoms with Crippen LogP contribution in [0.2, 0.25) is 0 Å². The smallest absolute Gasteiger partial charge is 0.475 e. The molecule has 0 fully saturated rings. The number of nitrogens with two attached hydrogens (primary N) is 1. The summed E-state index contributed by atoms with van der Waals surface area (Å²) < 4.78 is 31.7. The number of hydrogen-bond donors (Lipinski definition) is 2. The Balaban J connectivity index is 0.000000451. The van der Waals surface area contributed by atoms with Crippen molar-refractivity contribution in [3.63, 3.8) is 0 Å². The van der Waals surface area contributed by atoms with Crippen LogP contribution < -0.4 is 5.73 Å². The summed E-state index contributed by atoms with van der Waals surface area (Å²) in [7, 11) is 1.73. The molecule has 0 aliphatic carbocycles. The van der Waals surface area contributed by atoms with Crippen molar-refractivity contribution in [1.29, 1.82) is 0 Å². The number of carbonyl (C=O) groups excluding carboxylic acids is 1. The lowest BCUT2D eigenvalue weighted by Crippen LogP contribution is -2.27. The molecule has 172 valence electrons. The topological polar surface area (TPSA) is 127 Å². The third kappa shape index (κ3) is 6.59. The van der Waals surface area contributed by atoms with Gasteiger partial charge in [-0.15, -0.1) is 11.3 Å². The molecule has 0 bridgehead atoms. The number of thiazole rings is 1. The van der Waals surface area contributed by atoms with Crippen molar-refractivity contribution in [3.05, 3.63) is 57.8 Å². The van der Waals surface area contributed by atoms with E-state index in [0.29, 0.717) is 17.9 Å². The quantitative estimate of drug-likeness (QED) is 0.587. The second-order valence-corrected chi connectivity index (χ2v) is 7.91. The van der Waals surface area contributed by atoms with E-state index in [9.17, 15) is 18.0 Å². The Labute approximate surface area is 185 Å². The number of benzene rings is 1. The molecule has 1 atom stereocenters. The first-order valence-electron chi connectivity index (χ1n) is 9.15. The van der Waals surface area contributed by atoms with Gasteiger partial charge in [0.2, 0.25) is 0 Å². The van der Waals surface area contributed by atoms with Gasteiger partial charge in [0.25, 0.3) is 5.91 Å². The fourth-order valence-corrected chi connectivity index (χ4v) is 3.22. The largest absolute Gasteiger partial charge is 0.490 e. The lowest BCUT2D eigenvalue weighted by Gasteiger charge is -2.14. The van der Waals surface area contributed by atoms with Crippen LogP contribution in [0.25, 0.3) is 5.69 Å². The van der Waals surface area contributed by atoms with Crippen molar-refractivity contribution >= 4 is 23.2 Å². The monoisotopic (exact) mass is 470 g/mol. The molecule has 1 unspecified atom stereocenters. The maximum Gasteiger partial charge on any atom is 0.490 e.